The molecule has 1 atom stereocenters. The monoisotopic (exact) mass is 350 g/mol. The fraction of sp³-hybridized carbons (Fsp3) is 0.409. The van der Waals surface area contributed by atoms with Crippen LogP contribution in [0.25, 0.3) is 6.08 Å². The van der Waals surface area contributed by atoms with Gasteiger partial charge in [0, 0.05) is 31.6 Å². The van der Waals surface area contributed by atoms with E-state index in [0.29, 0.717) is 5.76 Å². The molecule has 2 saturated heterocycles. The summed E-state index contributed by atoms with van der Waals surface area (Å²) in [5.74, 6) is 0.485. The molecular formula is C22H26N2O2. The number of carbonyl (C=O) groups is 1. The highest BCUT2D eigenvalue weighted by atomic mass is 16.3. The summed E-state index contributed by atoms with van der Waals surface area (Å²) < 4.78 is 5.30. The van der Waals surface area contributed by atoms with Crippen LogP contribution < -0.4 is 0 Å². The van der Waals surface area contributed by atoms with Crippen molar-refractivity contribution in [3.05, 3.63) is 66.1 Å². The Morgan fingerprint density at radius 2 is 2.12 bits per heavy atom. The maximum atomic E-state index is 12.6. The second-order valence-electron chi connectivity index (χ2n) is 7.72. The van der Waals surface area contributed by atoms with Crippen molar-refractivity contribution in [3.8, 4) is 0 Å². The summed E-state index contributed by atoms with van der Waals surface area (Å²) in [6.45, 7) is 8.70. The normalized spacial score (nSPS) is 23.5. The number of hydrogen-bond donors (Lipinski definition) is 0. The van der Waals surface area contributed by atoms with Crippen molar-refractivity contribution in [2.45, 2.75) is 25.8 Å². The molecule has 4 heteroatoms. The molecule has 136 valence electrons. The molecule has 2 aliphatic rings. The second kappa shape index (κ2) is 7.12. The highest BCUT2D eigenvalue weighted by Crippen LogP contribution is 2.39. The average molecular weight is 350 g/mol. The summed E-state index contributed by atoms with van der Waals surface area (Å²) in [4.78, 5) is 17.1. The highest BCUT2D eigenvalue weighted by molar-refractivity contribution is 5.91. The van der Waals surface area contributed by atoms with Gasteiger partial charge in [0.2, 0.25) is 0 Å². The third-order valence-corrected chi connectivity index (χ3v) is 5.79. The van der Waals surface area contributed by atoms with Crippen LogP contribution in [-0.4, -0.2) is 41.9 Å². The van der Waals surface area contributed by atoms with Gasteiger partial charge < -0.3 is 9.32 Å². The Morgan fingerprint density at radius 3 is 2.92 bits per heavy atom. The second-order valence-corrected chi connectivity index (χ2v) is 7.72. The van der Waals surface area contributed by atoms with E-state index in [1.54, 1.807) is 18.4 Å². The van der Waals surface area contributed by atoms with Gasteiger partial charge in [-0.3, -0.25) is 9.69 Å². The molecule has 2 aromatic rings. The Labute approximate surface area is 155 Å². The van der Waals surface area contributed by atoms with E-state index in [0.717, 1.165) is 39.1 Å². The first-order valence-electron chi connectivity index (χ1n) is 9.44. The Hall–Kier alpha value is -2.33. The Balaban J connectivity index is 1.41. The predicted molar refractivity (Wildman–Crippen MR) is 103 cm³/mol. The Morgan fingerprint density at radius 1 is 1.19 bits per heavy atom. The van der Waals surface area contributed by atoms with Crippen LogP contribution >= 0.6 is 0 Å². The number of piperidine rings is 1. The molecule has 1 spiro atoms. The van der Waals surface area contributed by atoms with E-state index in [2.05, 4.69) is 35.7 Å². The van der Waals surface area contributed by atoms with E-state index in [9.17, 15) is 4.79 Å². The third-order valence-electron chi connectivity index (χ3n) is 5.79. The van der Waals surface area contributed by atoms with Crippen LogP contribution in [0.1, 0.15) is 40.9 Å². The van der Waals surface area contributed by atoms with E-state index in [1.807, 2.05) is 11.0 Å². The number of rotatable bonds is 4. The van der Waals surface area contributed by atoms with Crippen LogP contribution in [0.2, 0.25) is 0 Å². The lowest BCUT2D eigenvalue weighted by Crippen LogP contribution is -2.45. The summed E-state index contributed by atoms with van der Waals surface area (Å²) in [6, 6.07) is 12.1. The molecule has 0 N–H and O–H groups in total. The number of carbonyl (C=O) groups excluding carboxylic acids is 1. The number of amides is 1. The molecule has 3 heterocycles. The van der Waals surface area contributed by atoms with Crippen LogP contribution in [0.15, 0.2) is 53.7 Å². The van der Waals surface area contributed by atoms with Gasteiger partial charge in [0.15, 0.2) is 5.76 Å². The maximum Gasteiger partial charge on any atom is 0.289 e. The molecule has 4 nitrogen and oxygen atoms in total. The Bertz CT molecular complexity index is 783. The standard InChI is InChI=1S/C22H26N2O2/c1-2-18-6-3-7-19(14-18)15-23-11-5-9-22(16-23)10-12-24(17-22)21(25)20-8-4-13-26-20/h2-4,6-8,13-14H,1,5,9-12,15-17H2. The number of likely N-dealkylation sites (tertiary alicyclic amines) is 2. The van der Waals surface area contributed by atoms with Crippen molar-refractivity contribution in [1.29, 1.82) is 0 Å². The lowest BCUT2D eigenvalue weighted by atomic mass is 9.79. The quantitative estimate of drug-likeness (QED) is 0.835. The molecule has 26 heavy (non-hydrogen) atoms. The fourth-order valence-corrected chi connectivity index (χ4v) is 4.52. The Kier molecular flexibility index (Phi) is 4.68. The largest absolute Gasteiger partial charge is 0.459 e. The molecule has 2 aliphatic heterocycles. The number of nitrogens with zero attached hydrogens (tertiary/aromatic N) is 2. The van der Waals surface area contributed by atoms with E-state index >= 15 is 0 Å². The van der Waals surface area contributed by atoms with E-state index in [1.165, 1.54) is 24.0 Å². The molecule has 4 rings (SSSR count). The van der Waals surface area contributed by atoms with Crippen molar-refractivity contribution in [2.75, 3.05) is 26.2 Å². The SMILES string of the molecule is C=Cc1cccc(CN2CCCC3(CCN(C(=O)c4ccco4)C3)C2)c1. The van der Waals surface area contributed by atoms with Gasteiger partial charge in [-0.2, -0.15) is 0 Å². The number of furan rings is 1. The first-order chi connectivity index (χ1) is 12.7. The molecule has 0 saturated carbocycles. The lowest BCUT2D eigenvalue weighted by molar-refractivity contribution is 0.0651. The summed E-state index contributed by atoms with van der Waals surface area (Å²) in [5, 5.41) is 0. The highest BCUT2D eigenvalue weighted by Gasteiger charge is 2.43. The number of hydrogen-bond acceptors (Lipinski definition) is 3. The van der Waals surface area contributed by atoms with E-state index in [-0.39, 0.29) is 11.3 Å². The zero-order chi connectivity index (χ0) is 18.0. The van der Waals surface area contributed by atoms with Crippen molar-refractivity contribution in [3.63, 3.8) is 0 Å². The smallest absolute Gasteiger partial charge is 0.289 e. The zero-order valence-electron chi connectivity index (χ0n) is 15.2. The molecule has 2 fully saturated rings. The van der Waals surface area contributed by atoms with Crippen molar-refractivity contribution >= 4 is 12.0 Å². The van der Waals surface area contributed by atoms with Gasteiger partial charge in [0.1, 0.15) is 0 Å². The van der Waals surface area contributed by atoms with Crippen molar-refractivity contribution in [1.82, 2.24) is 9.80 Å². The zero-order valence-corrected chi connectivity index (χ0v) is 15.2. The van der Waals surface area contributed by atoms with Crippen LogP contribution in [0.4, 0.5) is 0 Å². The first kappa shape index (κ1) is 17.1. The maximum absolute atomic E-state index is 12.6. The van der Waals surface area contributed by atoms with Gasteiger partial charge in [-0.15, -0.1) is 0 Å². The third kappa shape index (κ3) is 3.47. The molecular weight excluding hydrogens is 324 g/mol. The van der Waals surface area contributed by atoms with Crippen molar-refractivity contribution in [2.24, 2.45) is 5.41 Å². The molecule has 1 amide bonds. The van der Waals surface area contributed by atoms with Gasteiger partial charge in [0.25, 0.3) is 5.91 Å². The van der Waals surface area contributed by atoms with Gasteiger partial charge in [0.05, 0.1) is 6.26 Å². The molecule has 0 bridgehead atoms. The molecule has 1 unspecified atom stereocenters. The van der Waals surface area contributed by atoms with E-state index < -0.39 is 0 Å². The van der Waals surface area contributed by atoms with Crippen LogP contribution in [-0.2, 0) is 6.54 Å². The predicted octanol–water partition coefficient (Wildman–Crippen LogP) is 4.05. The van der Waals surface area contributed by atoms with Crippen LogP contribution in [0, 0.1) is 5.41 Å². The summed E-state index contributed by atoms with van der Waals surface area (Å²) in [7, 11) is 0. The molecule has 1 aromatic carbocycles. The fourth-order valence-electron chi connectivity index (χ4n) is 4.52. The molecule has 0 radical (unpaired) electrons. The lowest BCUT2D eigenvalue weighted by Gasteiger charge is -2.40. The van der Waals surface area contributed by atoms with Gasteiger partial charge >= 0.3 is 0 Å². The van der Waals surface area contributed by atoms with Crippen LogP contribution in [0.3, 0.4) is 0 Å². The minimum absolute atomic E-state index is 0.0303. The summed E-state index contributed by atoms with van der Waals surface area (Å²) in [6.07, 6.45) is 6.96. The topological polar surface area (TPSA) is 36.7 Å². The number of benzene rings is 1. The minimum atomic E-state index is 0.0303. The molecule has 1 aromatic heterocycles. The van der Waals surface area contributed by atoms with Gasteiger partial charge in [-0.1, -0.05) is 36.9 Å². The average Bonchev–Trinajstić information content (AvgIpc) is 3.32. The van der Waals surface area contributed by atoms with Gasteiger partial charge in [-0.05, 0) is 49.1 Å². The van der Waals surface area contributed by atoms with Crippen molar-refractivity contribution < 1.29 is 9.21 Å². The van der Waals surface area contributed by atoms with E-state index in [4.69, 9.17) is 4.42 Å². The molecule has 0 aliphatic carbocycles. The summed E-state index contributed by atoms with van der Waals surface area (Å²) in [5.41, 5.74) is 2.74. The minimum Gasteiger partial charge on any atom is -0.459 e. The van der Waals surface area contributed by atoms with Gasteiger partial charge in [-0.25, -0.2) is 0 Å². The first-order valence-corrected chi connectivity index (χ1v) is 9.44. The summed E-state index contributed by atoms with van der Waals surface area (Å²) >= 11 is 0. The van der Waals surface area contributed by atoms with Crippen LogP contribution in [0.5, 0.6) is 0 Å².